The number of nitrogens with two attached hydrogens (primary N) is 1. The van der Waals surface area contributed by atoms with Crippen molar-refractivity contribution in [1.29, 1.82) is 0 Å². The van der Waals surface area contributed by atoms with E-state index in [9.17, 15) is 4.79 Å². The maximum absolute atomic E-state index is 11.3. The molecule has 6 nitrogen and oxygen atoms in total. The van der Waals surface area contributed by atoms with E-state index in [4.69, 9.17) is 15.2 Å². The van der Waals surface area contributed by atoms with Crippen molar-refractivity contribution in [2.45, 2.75) is 19.4 Å². The number of primary amides is 1. The van der Waals surface area contributed by atoms with Gasteiger partial charge in [-0.2, -0.15) is 0 Å². The average Bonchev–Trinajstić information content (AvgIpc) is 2.71. The molecule has 6 heteroatoms. The van der Waals surface area contributed by atoms with E-state index in [1.54, 1.807) is 7.11 Å². The summed E-state index contributed by atoms with van der Waals surface area (Å²) in [5.74, 6) is 0.874. The molecule has 1 unspecified atom stereocenters. The molecule has 1 atom stereocenters. The Morgan fingerprint density at radius 1 is 1.11 bits per heavy atom. The average molecular weight is 383 g/mol. The second-order valence-electron chi connectivity index (χ2n) is 7.16. The molecule has 3 rings (SSSR count). The smallest absolute Gasteiger partial charge is 0.405 e. The van der Waals surface area contributed by atoms with E-state index in [-0.39, 0.29) is 6.10 Å². The Bertz CT molecular complexity index is 771. The van der Waals surface area contributed by atoms with E-state index in [1.165, 1.54) is 5.69 Å². The van der Waals surface area contributed by atoms with Crippen molar-refractivity contribution in [3.63, 3.8) is 0 Å². The van der Waals surface area contributed by atoms with Crippen molar-refractivity contribution >= 4 is 11.8 Å². The number of amides is 1. The lowest BCUT2D eigenvalue weighted by Gasteiger charge is -2.36. The number of benzene rings is 2. The molecule has 1 aliphatic rings. The van der Waals surface area contributed by atoms with Crippen molar-refractivity contribution in [3.05, 3.63) is 59.7 Å². The first-order valence-corrected chi connectivity index (χ1v) is 9.69. The lowest BCUT2D eigenvalue weighted by Crippen LogP contribution is -2.46. The van der Waals surface area contributed by atoms with Crippen LogP contribution in [0.2, 0.25) is 0 Å². The number of hydrogen-bond acceptors (Lipinski definition) is 5. The highest BCUT2D eigenvalue weighted by atomic mass is 16.6. The van der Waals surface area contributed by atoms with Crippen LogP contribution in [0, 0.1) is 6.92 Å². The number of nitrogens with zero attached hydrogens (tertiary/aromatic N) is 2. The van der Waals surface area contributed by atoms with Gasteiger partial charge >= 0.3 is 6.09 Å². The number of aryl methyl sites for hydroxylation is 1. The maximum atomic E-state index is 11.3. The van der Waals surface area contributed by atoms with Crippen LogP contribution in [0.1, 0.15) is 23.7 Å². The van der Waals surface area contributed by atoms with E-state index >= 15 is 0 Å². The van der Waals surface area contributed by atoms with Gasteiger partial charge in [-0.25, -0.2) is 4.79 Å². The zero-order valence-corrected chi connectivity index (χ0v) is 16.6. The minimum absolute atomic E-state index is 0.308. The predicted octanol–water partition coefficient (Wildman–Crippen LogP) is 3.35. The summed E-state index contributed by atoms with van der Waals surface area (Å²) >= 11 is 0. The third-order valence-electron chi connectivity index (χ3n) is 5.19. The number of anilines is 1. The van der Waals surface area contributed by atoms with Gasteiger partial charge in [0.15, 0.2) is 0 Å². The minimum Gasteiger partial charge on any atom is -0.497 e. The van der Waals surface area contributed by atoms with Gasteiger partial charge in [-0.05, 0) is 36.8 Å². The Morgan fingerprint density at radius 3 is 2.43 bits per heavy atom. The summed E-state index contributed by atoms with van der Waals surface area (Å²) in [5.41, 5.74) is 8.65. The molecular formula is C22H29N3O3. The van der Waals surface area contributed by atoms with Gasteiger partial charge in [-0.3, -0.25) is 4.90 Å². The van der Waals surface area contributed by atoms with Gasteiger partial charge in [0.25, 0.3) is 0 Å². The van der Waals surface area contributed by atoms with E-state index < -0.39 is 6.09 Å². The SMILES string of the molecule is COc1ccc(N2CCN(CCC(OC(N)=O)c3cccc(C)c3)CC2)cc1. The lowest BCUT2D eigenvalue weighted by molar-refractivity contribution is 0.0910. The summed E-state index contributed by atoms with van der Waals surface area (Å²) in [6, 6.07) is 16.2. The molecule has 2 aromatic rings. The number of carbonyl (C=O) groups is 1. The molecule has 0 radical (unpaired) electrons. The first-order chi connectivity index (χ1) is 13.5. The molecule has 150 valence electrons. The Balaban J connectivity index is 1.53. The number of rotatable bonds is 7. The molecule has 0 spiro atoms. The van der Waals surface area contributed by atoms with Gasteiger partial charge < -0.3 is 20.1 Å². The Hall–Kier alpha value is -2.73. The molecule has 1 amide bonds. The lowest BCUT2D eigenvalue weighted by atomic mass is 10.0. The molecule has 1 saturated heterocycles. The van der Waals surface area contributed by atoms with Crippen LogP contribution in [0.4, 0.5) is 10.5 Å². The fraction of sp³-hybridized carbons (Fsp3) is 0.409. The zero-order chi connectivity index (χ0) is 19.9. The van der Waals surface area contributed by atoms with Crippen molar-refractivity contribution < 1.29 is 14.3 Å². The molecule has 1 heterocycles. The fourth-order valence-corrected chi connectivity index (χ4v) is 3.63. The molecular weight excluding hydrogens is 354 g/mol. The molecule has 1 aliphatic heterocycles. The van der Waals surface area contributed by atoms with Crippen LogP contribution >= 0.6 is 0 Å². The van der Waals surface area contributed by atoms with Crippen LogP contribution in [0.5, 0.6) is 5.75 Å². The largest absolute Gasteiger partial charge is 0.497 e. The third-order valence-corrected chi connectivity index (χ3v) is 5.19. The van der Waals surface area contributed by atoms with Gasteiger partial charge in [0.05, 0.1) is 7.11 Å². The van der Waals surface area contributed by atoms with Crippen LogP contribution in [-0.4, -0.2) is 50.8 Å². The topological polar surface area (TPSA) is 68.0 Å². The molecule has 2 aromatic carbocycles. The molecule has 0 bridgehead atoms. The second kappa shape index (κ2) is 9.46. The normalized spacial score (nSPS) is 15.9. The Morgan fingerprint density at radius 2 is 1.82 bits per heavy atom. The first-order valence-electron chi connectivity index (χ1n) is 9.69. The Kier molecular flexibility index (Phi) is 6.76. The van der Waals surface area contributed by atoms with Gasteiger partial charge in [0, 0.05) is 44.8 Å². The first kappa shape index (κ1) is 20.0. The molecule has 0 saturated carbocycles. The van der Waals surface area contributed by atoms with Crippen LogP contribution in [-0.2, 0) is 4.74 Å². The van der Waals surface area contributed by atoms with Crippen molar-refractivity contribution in [2.24, 2.45) is 5.73 Å². The van der Waals surface area contributed by atoms with Crippen molar-refractivity contribution in [3.8, 4) is 5.75 Å². The number of hydrogen-bond donors (Lipinski definition) is 1. The third kappa shape index (κ3) is 5.39. The van der Waals surface area contributed by atoms with Gasteiger partial charge in [-0.15, -0.1) is 0 Å². The monoisotopic (exact) mass is 383 g/mol. The summed E-state index contributed by atoms with van der Waals surface area (Å²) in [7, 11) is 1.68. The number of piperazine rings is 1. The van der Waals surface area contributed by atoms with E-state index in [0.717, 1.165) is 56.0 Å². The molecule has 1 fully saturated rings. The van der Waals surface area contributed by atoms with Crippen molar-refractivity contribution in [2.75, 3.05) is 44.7 Å². The Labute approximate surface area is 166 Å². The summed E-state index contributed by atoms with van der Waals surface area (Å²) < 4.78 is 10.6. The molecule has 0 aromatic heterocycles. The van der Waals surface area contributed by atoms with Gasteiger partial charge in [0.1, 0.15) is 11.9 Å². The van der Waals surface area contributed by atoms with E-state index in [0.29, 0.717) is 0 Å². The zero-order valence-electron chi connectivity index (χ0n) is 16.6. The van der Waals surface area contributed by atoms with Gasteiger partial charge in [0.2, 0.25) is 0 Å². The predicted molar refractivity (Wildman–Crippen MR) is 111 cm³/mol. The van der Waals surface area contributed by atoms with E-state index in [2.05, 4.69) is 28.0 Å². The van der Waals surface area contributed by atoms with Crippen LogP contribution in [0.25, 0.3) is 0 Å². The van der Waals surface area contributed by atoms with Gasteiger partial charge in [-0.1, -0.05) is 29.8 Å². The summed E-state index contributed by atoms with van der Waals surface area (Å²) in [4.78, 5) is 16.1. The highest BCUT2D eigenvalue weighted by molar-refractivity contribution is 5.65. The molecule has 2 N–H and O–H groups in total. The number of carbonyl (C=O) groups excluding carboxylic acids is 1. The highest BCUT2D eigenvalue weighted by Gasteiger charge is 2.21. The summed E-state index contributed by atoms with van der Waals surface area (Å²) in [6.07, 6.45) is -0.303. The van der Waals surface area contributed by atoms with Crippen LogP contribution < -0.4 is 15.4 Å². The summed E-state index contributed by atoms with van der Waals surface area (Å²) in [5, 5.41) is 0. The minimum atomic E-state index is -0.726. The maximum Gasteiger partial charge on any atom is 0.405 e. The van der Waals surface area contributed by atoms with Crippen LogP contribution in [0.15, 0.2) is 48.5 Å². The molecule has 28 heavy (non-hydrogen) atoms. The van der Waals surface area contributed by atoms with Crippen LogP contribution in [0.3, 0.4) is 0 Å². The highest BCUT2D eigenvalue weighted by Crippen LogP contribution is 2.24. The fourth-order valence-electron chi connectivity index (χ4n) is 3.63. The van der Waals surface area contributed by atoms with E-state index in [1.807, 2.05) is 37.3 Å². The summed E-state index contributed by atoms with van der Waals surface area (Å²) in [6.45, 7) is 6.79. The van der Waals surface area contributed by atoms with Crippen molar-refractivity contribution in [1.82, 2.24) is 4.90 Å². The molecule has 0 aliphatic carbocycles. The standard InChI is InChI=1S/C22H29N3O3/c1-17-4-3-5-18(16-17)21(28-22(23)26)10-11-24-12-14-25(15-13-24)19-6-8-20(27-2)9-7-19/h3-9,16,21H,10-15H2,1-2H3,(H2,23,26). The quantitative estimate of drug-likeness (QED) is 0.794. The second-order valence-corrected chi connectivity index (χ2v) is 7.16. The number of ether oxygens (including phenoxy) is 2. The number of methoxy groups -OCH3 is 1.